The van der Waals surface area contributed by atoms with Gasteiger partial charge in [-0.1, -0.05) is 36.4 Å². The van der Waals surface area contributed by atoms with Crippen LogP contribution >= 0.6 is 0 Å². The van der Waals surface area contributed by atoms with E-state index in [2.05, 4.69) is 4.98 Å². The Morgan fingerprint density at radius 3 is 2.33 bits per heavy atom. The van der Waals surface area contributed by atoms with E-state index in [1.54, 1.807) is 56.5 Å². The zero-order chi connectivity index (χ0) is 19.4. The lowest BCUT2D eigenvalue weighted by Gasteiger charge is -2.09. The highest BCUT2D eigenvalue weighted by atomic mass is 32.2. The first-order valence-electron chi connectivity index (χ1n) is 8.23. The van der Waals surface area contributed by atoms with E-state index < -0.39 is 9.84 Å². The normalized spacial score (nSPS) is 11.7. The molecular weight excluding hydrogens is 364 g/mol. The summed E-state index contributed by atoms with van der Waals surface area (Å²) in [5.74, 6) is 1.07. The van der Waals surface area contributed by atoms with E-state index >= 15 is 0 Å². The van der Waals surface area contributed by atoms with Gasteiger partial charge in [0.05, 0.1) is 12.0 Å². The van der Waals surface area contributed by atoms with E-state index in [0.29, 0.717) is 5.75 Å². The number of methoxy groups -OCH3 is 1. The fraction of sp³-hybridized carbons (Fsp3) is 0.150. The van der Waals surface area contributed by atoms with Crippen LogP contribution in [0.2, 0.25) is 0 Å². The molecule has 0 radical (unpaired) electrons. The Bertz CT molecular complexity index is 1050. The Labute approximate surface area is 158 Å². The van der Waals surface area contributed by atoms with Crippen molar-refractivity contribution in [1.29, 1.82) is 0 Å². The van der Waals surface area contributed by atoms with Crippen LogP contribution in [0.5, 0.6) is 5.75 Å². The Kier molecular flexibility index (Phi) is 5.32. The number of hydrogen-bond donors (Lipinski definition) is 0. The van der Waals surface area contributed by atoms with Crippen molar-refractivity contribution < 1.29 is 17.6 Å². The third kappa shape index (κ3) is 3.88. The van der Waals surface area contributed by atoms with Crippen LogP contribution in [0.25, 0.3) is 12.2 Å². The van der Waals surface area contributed by atoms with Crippen LogP contribution in [0.15, 0.2) is 68.9 Å². The zero-order valence-electron chi connectivity index (χ0n) is 15.3. The molecule has 0 amide bonds. The first-order chi connectivity index (χ1) is 12.9. The van der Waals surface area contributed by atoms with Crippen molar-refractivity contribution in [3.05, 3.63) is 66.1 Å². The molecule has 0 saturated heterocycles. The highest BCUT2D eigenvalue weighted by Crippen LogP contribution is 2.30. The van der Waals surface area contributed by atoms with Gasteiger partial charge in [0.25, 0.3) is 0 Å². The van der Waals surface area contributed by atoms with Crippen molar-refractivity contribution >= 4 is 27.9 Å². The van der Waals surface area contributed by atoms with E-state index in [4.69, 9.17) is 9.15 Å². The monoisotopic (exact) mass is 384 g/mol. The highest BCUT2D eigenvalue weighted by Gasteiger charge is 2.28. The molecule has 140 valence electrons. The minimum absolute atomic E-state index is 0.113. The van der Waals surface area contributed by atoms with Crippen LogP contribution in [-0.4, -0.2) is 34.6 Å². The fourth-order valence-corrected chi connectivity index (χ4v) is 3.92. The van der Waals surface area contributed by atoms with Crippen LogP contribution in [0.3, 0.4) is 0 Å². The summed E-state index contributed by atoms with van der Waals surface area (Å²) in [5, 5.41) is -0.113. The molecule has 3 rings (SSSR count). The fourth-order valence-electron chi connectivity index (χ4n) is 2.52. The summed E-state index contributed by atoms with van der Waals surface area (Å²) in [6, 6.07) is 15.6. The molecule has 7 heteroatoms. The number of sulfone groups is 1. The van der Waals surface area contributed by atoms with Crippen LogP contribution in [0.4, 0.5) is 5.88 Å². The third-order valence-electron chi connectivity index (χ3n) is 3.85. The zero-order valence-corrected chi connectivity index (χ0v) is 16.1. The van der Waals surface area contributed by atoms with E-state index in [-0.39, 0.29) is 21.7 Å². The van der Waals surface area contributed by atoms with E-state index in [1.165, 1.54) is 12.1 Å². The molecule has 3 aromatic rings. The first-order valence-corrected chi connectivity index (χ1v) is 9.71. The molecule has 0 N–H and O–H groups in total. The van der Waals surface area contributed by atoms with E-state index in [1.807, 2.05) is 24.3 Å². The maximum atomic E-state index is 13.0. The molecule has 0 fully saturated rings. The molecule has 0 aliphatic carbocycles. The molecular formula is C20H20N2O4S. The summed E-state index contributed by atoms with van der Waals surface area (Å²) in [4.78, 5) is 5.98. The Morgan fingerprint density at radius 2 is 1.67 bits per heavy atom. The number of hydrogen-bond acceptors (Lipinski definition) is 6. The van der Waals surface area contributed by atoms with Crippen molar-refractivity contribution in [2.75, 3.05) is 26.1 Å². The summed E-state index contributed by atoms with van der Waals surface area (Å²) >= 11 is 0. The average Bonchev–Trinajstić information content (AvgIpc) is 3.13. The van der Waals surface area contributed by atoms with Crippen LogP contribution in [-0.2, 0) is 9.84 Å². The summed E-state index contributed by atoms with van der Waals surface area (Å²) in [5.41, 5.74) is 0.831. The number of nitrogens with zero attached hydrogens (tertiary/aromatic N) is 2. The predicted molar refractivity (Wildman–Crippen MR) is 105 cm³/mol. The number of aromatic nitrogens is 1. The van der Waals surface area contributed by atoms with Gasteiger partial charge in [0.2, 0.25) is 26.6 Å². The van der Waals surface area contributed by atoms with E-state index in [0.717, 1.165) is 5.56 Å². The quantitative estimate of drug-likeness (QED) is 0.644. The lowest BCUT2D eigenvalue weighted by Crippen LogP contribution is -2.13. The number of para-hydroxylation sites is 1. The minimum atomic E-state index is -3.79. The SMILES string of the molecule is COc1ccccc1C=Cc1nc(S(=O)(=O)c2ccccc2)c(N(C)C)o1. The summed E-state index contributed by atoms with van der Waals surface area (Å²) in [6.07, 6.45) is 3.39. The molecule has 0 atom stereocenters. The van der Waals surface area contributed by atoms with Gasteiger partial charge < -0.3 is 14.1 Å². The van der Waals surface area contributed by atoms with E-state index in [9.17, 15) is 8.42 Å². The average molecular weight is 384 g/mol. The molecule has 2 aromatic carbocycles. The van der Waals surface area contributed by atoms with Gasteiger partial charge in [-0.15, -0.1) is 0 Å². The van der Waals surface area contributed by atoms with Gasteiger partial charge in [-0.05, 0) is 24.3 Å². The maximum Gasteiger partial charge on any atom is 0.235 e. The minimum Gasteiger partial charge on any atom is -0.496 e. The summed E-state index contributed by atoms with van der Waals surface area (Å²) in [6.45, 7) is 0. The maximum absolute atomic E-state index is 13.0. The van der Waals surface area contributed by atoms with Crippen LogP contribution < -0.4 is 9.64 Å². The molecule has 0 aliphatic rings. The second-order valence-corrected chi connectivity index (χ2v) is 7.81. The molecule has 1 heterocycles. The molecule has 27 heavy (non-hydrogen) atoms. The Hall–Kier alpha value is -3.06. The van der Waals surface area contributed by atoms with Gasteiger partial charge in [-0.3, -0.25) is 0 Å². The van der Waals surface area contributed by atoms with Crippen molar-refractivity contribution in [2.24, 2.45) is 0 Å². The Morgan fingerprint density at radius 1 is 1.00 bits per heavy atom. The van der Waals surface area contributed by atoms with Gasteiger partial charge in [0.1, 0.15) is 5.75 Å². The first kappa shape index (κ1) is 18.7. The van der Waals surface area contributed by atoms with Crippen molar-refractivity contribution in [3.8, 4) is 5.75 Å². The van der Waals surface area contributed by atoms with Gasteiger partial charge in [-0.25, -0.2) is 8.42 Å². The number of ether oxygens (including phenoxy) is 1. The van der Waals surface area contributed by atoms with Crippen LogP contribution in [0, 0.1) is 0 Å². The second-order valence-electron chi connectivity index (χ2n) is 5.95. The van der Waals surface area contributed by atoms with Gasteiger partial charge in [0.15, 0.2) is 0 Å². The summed E-state index contributed by atoms with van der Waals surface area (Å²) < 4.78 is 36.9. The standard InChI is InChI=1S/C20H20N2O4S/c1-22(2)20-19(27(23,24)16-10-5-4-6-11-16)21-18(26-20)14-13-15-9-7-8-12-17(15)25-3/h4-14H,1-3H3. The summed E-state index contributed by atoms with van der Waals surface area (Å²) in [7, 11) is 1.21. The molecule has 1 aromatic heterocycles. The lowest BCUT2D eigenvalue weighted by atomic mass is 10.2. The molecule has 0 saturated carbocycles. The second kappa shape index (κ2) is 7.67. The predicted octanol–water partition coefficient (Wildman–Crippen LogP) is 3.75. The van der Waals surface area contributed by atoms with Gasteiger partial charge >= 0.3 is 0 Å². The van der Waals surface area contributed by atoms with Gasteiger partial charge in [-0.2, -0.15) is 4.98 Å². The van der Waals surface area contributed by atoms with Crippen LogP contribution in [0.1, 0.15) is 11.5 Å². The Balaban J connectivity index is 2.03. The largest absolute Gasteiger partial charge is 0.496 e. The van der Waals surface area contributed by atoms with Crippen molar-refractivity contribution in [1.82, 2.24) is 4.98 Å². The van der Waals surface area contributed by atoms with Crippen molar-refractivity contribution in [3.63, 3.8) is 0 Å². The molecule has 0 bridgehead atoms. The number of anilines is 1. The molecule has 0 unspecified atom stereocenters. The number of oxazole rings is 1. The third-order valence-corrected chi connectivity index (χ3v) is 5.52. The number of benzene rings is 2. The molecule has 6 nitrogen and oxygen atoms in total. The number of rotatable bonds is 6. The highest BCUT2D eigenvalue weighted by molar-refractivity contribution is 7.91. The van der Waals surface area contributed by atoms with Crippen molar-refractivity contribution in [2.45, 2.75) is 9.92 Å². The smallest absolute Gasteiger partial charge is 0.235 e. The molecule has 0 spiro atoms. The lowest BCUT2D eigenvalue weighted by molar-refractivity contribution is 0.414. The molecule has 0 aliphatic heterocycles. The van der Waals surface area contributed by atoms with Gasteiger partial charge in [0, 0.05) is 25.7 Å². The topological polar surface area (TPSA) is 72.6 Å².